The van der Waals surface area contributed by atoms with Gasteiger partial charge in [0.1, 0.15) is 0 Å². The van der Waals surface area contributed by atoms with Crippen LogP contribution < -0.4 is 0 Å². The third kappa shape index (κ3) is 8.41. The second-order valence-corrected chi connectivity index (χ2v) is 6.83. The van der Waals surface area contributed by atoms with E-state index in [9.17, 15) is 38.4 Å². The predicted octanol–water partition coefficient (Wildman–Crippen LogP) is -0.282. The summed E-state index contributed by atoms with van der Waals surface area (Å²) in [5, 5.41) is 69.5. The number of carboxylic acid groups (broad SMARTS) is 8. The summed E-state index contributed by atoms with van der Waals surface area (Å²) in [6, 6.07) is 0. The van der Waals surface area contributed by atoms with Gasteiger partial charge in [0.2, 0.25) is 0 Å². The monoisotopic (exact) mass is 542 g/mol. The largest absolute Gasteiger partial charge is 0.481 e. The lowest BCUT2D eigenvalue weighted by Crippen LogP contribution is -2.54. The van der Waals surface area contributed by atoms with Crippen molar-refractivity contribution in [2.45, 2.75) is 40.5 Å². The zero-order valence-electron chi connectivity index (χ0n) is 20.2. The fraction of sp³-hybridized carbons (Fsp3) is 0.600. The van der Waals surface area contributed by atoms with Crippen LogP contribution in [-0.4, -0.2) is 102 Å². The normalized spacial score (nSPS) is 12.2. The highest BCUT2D eigenvalue weighted by molar-refractivity contribution is 6.19. The minimum atomic E-state index is -3.36. The highest BCUT2D eigenvalue weighted by Gasteiger charge is 2.63. The first-order valence-corrected chi connectivity index (χ1v) is 10.3. The summed E-state index contributed by atoms with van der Waals surface area (Å²) in [5.41, 5.74) is -6.72. The molecule has 17 heteroatoms. The van der Waals surface area contributed by atoms with Crippen molar-refractivity contribution < 1.29 is 83.9 Å². The van der Waals surface area contributed by atoms with Crippen LogP contribution in [0.5, 0.6) is 0 Å². The molecule has 0 spiro atoms. The molecule has 0 aliphatic heterocycles. The number of rotatable bonds is 14. The van der Waals surface area contributed by atoms with Gasteiger partial charge in [0.15, 0.2) is 0 Å². The summed E-state index contributed by atoms with van der Waals surface area (Å²) in [7, 11) is 0. The molecule has 2 atom stereocenters. The molecule has 0 saturated heterocycles. The Morgan fingerprint density at radius 3 is 0.703 bits per heavy atom. The van der Waals surface area contributed by atoms with Gasteiger partial charge < -0.3 is 45.6 Å². The van der Waals surface area contributed by atoms with Gasteiger partial charge in [0, 0.05) is 13.2 Å². The van der Waals surface area contributed by atoms with Gasteiger partial charge >= 0.3 is 47.8 Å². The van der Waals surface area contributed by atoms with Crippen LogP contribution in [0.1, 0.15) is 40.5 Å². The molecular formula is C20H30O17. The molecule has 0 aromatic heterocycles. The number of hydrogen-bond donors (Lipinski definition) is 8. The lowest BCUT2D eigenvalue weighted by Gasteiger charge is -2.25. The third-order valence-corrected chi connectivity index (χ3v) is 4.89. The van der Waals surface area contributed by atoms with Crippen molar-refractivity contribution in [2.75, 3.05) is 13.2 Å². The maximum atomic E-state index is 10.8. The molecule has 0 aromatic rings. The molecule has 212 valence electrons. The Labute approximate surface area is 208 Å². The van der Waals surface area contributed by atoms with Gasteiger partial charge in [-0.25, -0.2) is 0 Å². The van der Waals surface area contributed by atoms with Crippen molar-refractivity contribution in [3.63, 3.8) is 0 Å². The van der Waals surface area contributed by atoms with E-state index < -0.39 is 83.3 Å². The van der Waals surface area contributed by atoms with Gasteiger partial charge in [-0.15, -0.1) is 0 Å². The summed E-state index contributed by atoms with van der Waals surface area (Å²) in [6.45, 7) is 8.06. The van der Waals surface area contributed by atoms with Gasteiger partial charge in [-0.05, 0) is 26.7 Å². The minimum Gasteiger partial charge on any atom is -0.481 e. The quantitative estimate of drug-likeness (QED) is 0.131. The van der Waals surface area contributed by atoms with Crippen molar-refractivity contribution in [2.24, 2.45) is 22.7 Å². The van der Waals surface area contributed by atoms with E-state index in [1.165, 1.54) is 13.8 Å². The fourth-order valence-corrected chi connectivity index (χ4v) is 2.98. The maximum Gasteiger partial charge on any atom is 0.333 e. The van der Waals surface area contributed by atoms with E-state index >= 15 is 0 Å². The highest BCUT2D eigenvalue weighted by Crippen LogP contribution is 2.33. The van der Waals surface area contributed by atoms with E-state index in [1.807, 2.05) is 13.8 Å². The first-order valence-electron chi connectivity index (χ1n) is 10.3. The molecule has 0 aliphatic rings. The average molecular weight is 542 g/mol. The van der Waals surface area contributed by atoms with Gasteiger partial charge in [0.05, 0.1) is 11.8 Å². The van der Waals surface area contributed by atoms with Gasteiger partial charge in [0.25, 0.3) is 10.8 Å². The molecule has 0 aliphatic carbocycles. The molecule has 0 saturated carbocycles. The Kier molecular flexibility index (Phi) is 16.5. The van der Waals surface area contributed by atoms with Crippen LogP contribution in [0, 0.1) is 22.7 Å². The standard InChI is InChI=1S/2C8H10O8.C4H10O/c2*1-2-3(4(9)10)8(5(11)12,6(13)14)7(15)16;1-3-5-4-2/h2*3H,2H2,1H3,(H,9,10)(H,11,12)(H,13,14)(H,15,16);3-4H2,1-2H3. The minimum absolute atomic E-state index is 0.430. The number of aliphatic carboxylic acids is 8. The maximum absolute atomic E-state index is 10.8. The van der Waals surface area contributed by atoms with Crippen LogP contribution >= 0.6 is 0 Å². The number of carboxylic acids is 8. The fourth-order valence-electron chi connectivity index (χ4n) is 2.98. The van der Waals surface area contributed by atoms with E-state index in [2.05, 4.69) is 0 Å². The molecule has 0 fully saturated rings. The Hall–Kier alpha value is -4.28. The van der Waals surface area contributed by atoms with Crippen LogP contribution in [0.2, 0.25) is 0 Å². The molecule has 2 unspecified atom stereocenters. The van der Waals surface area contributed by atoms with E-state index in [1.54, 1.807) is 0 Å². The SMILES string of the molecule is CCC(C(=O)O)C(C(=O)O)(C(=O)O)C(=O)O.CCC(C(=O)O)C(C(=O)O)(C(=O)O)C(=O)O.CCOCC. The Morgan fingerprint density at radius 2 is 0.676 bits per heavy atom. The summed E-state index contributed by atoms with van der Waals surface area (Å²) in [5.74, 6) is -20.9. The van der Waals surface area contributed by atoms with E-state index in [-0.39, 0.29) is 0 Å². The van der Waals surface area contributed by atoms with E-state index in [0.717, 1.165) is 13.2 Å². The lowest BCUT2D eigenvalue weighted by molar-refractivity contribution is -0.187. The molecule has 17 nitrogen and oxygen atoms in total. The summed E-state index contributed by atoms with van der Waals surface area (Å²) >= 11 is 0. The molecule has 0 heterocycles. The average Bonchev–Trinajstić information content (AvgIpc) is 2.74. The summed E-state index contributed by atoms with van der Waals surface area (Å²) in [6.07, 6.45) is -0.861. The van der Waals surface area contributed by atoms with Crippen LogP contribution in [0.15, 0.2) is 0 Å². The van der Waals surface area contributed by atoms with Gasteiger partial charge in [-0.1, -0.05) is 13.8 Å². The second kappa shape index (κ2) is 16.4. The second-order valence-electron chi connectivity index (χ2n) is 6.83. The number of hydrogen-bond acceptors (Lipinski definition) is 9. The highest BCUT2D eigenvalue weighted by atomic mass is 16.5. The zero-order valence-corrected chi connectivity index (χ0v) is 20.2. The Bertz CT molecular complexity index is 732. The first kappa shape index (κ1) is 37.3. The van der Waals surface area contributed by atoms with Crippen LogP contribution in [-0.2, 0) is 43.1 Å². The van der Waals surface area contributed by atoms with Crippen molar-refractivity contribution in [3.05, 3.63) is 0 Å². The Balaban J connectivity index is -0.000000528. The number of carbonyl (C=O) groups is 8. The van der Waals surface area contributed by atoms with Crippen molar-refractivity contribution >= 4 is 47.8 Å². The summed E-state index contributed by atoms with van der Waals surface area (Å²) < 4.78 is 4.83. The number of ether oxygens (including phenoxy) is 1. The third-order valence-electron chi connectivity index (χ3n) is 4.89. The smallest absolute Gasteiger partial charge is 0.333 e. The van der Waals surface area contributed by atoms with Crippen LogP contribution in [0.4, 0.5) is 0 Å². The van der Waals surface area contributed by atoms with Gasteiger partial charge in [-0.3, -0.25) is 38.4 Å². The van der Waals surface area contributed by atoms with Crippen LogP contribution in [0.25, 0.3) is 0 Å². The first-order chi connectivity index (χ1) is 16.9. The molecular weight excluding hydrogens is 512 g/mol. The summed E-state index contributed by atoms with van der Waals surface area (Å²) in [4.78, 5) is 86.1. The molecule has 0 aromatic carbocycles. The van der Waals surface area contributed by atoms with Crippen molar-refractivity contribution in [1.82, 2.24) is 0 Å². The topological polar surface area (TPSA) is 308 Å². The van der Waals surface area contributed by atoms with Gasteiger partial charge in [-0.2, -0.15) is 0 Å². The van der Waals surface area contributed by atoms with Crippen molar-refractivity contribution in [3.8, 4) is 0 Å². The molecule has 0 radical (unpaired) electrons. The lowest BCUT2D eigenvalue weighted by atomic mass is 9.74. The zero-order chi connectivity index (χ0) is 30.3. The molecule has 0 amide bonds. The van der Waals surface area contributed by atoms with E-state index in [0.29, 0.717) is 0 Å². The van der Waals surface area contributed by atoms with E-state index in [4.69, 9.17) is 45.6 Å². The van der Waals surface area contributed by atoms with Crippen molar-refractivity contribution in [1.29, 1.82) is 0 Å². The Morgan fingerprint density at radius 1 is 0.486 bits per heavy atom. The molecule has 37 heavy (non-hydrogen) atoms. The predicted molar refractivity (Wildman–Crippen MR) is 116 cm³/mol. The molecule has 8 N–H and O–H groups in total. The molecule has 0 bridgehead atoms. The molecule has 0 rings (SSSR count). The van der Waals surface area contributed by atoms with Crippen LogP contribution in [0.3, 0.4) is 0 Å².